The predicted octanol–water partition coefficient (Wildman–Crippen LogP) is 1.72. The number of halogens is 2. The number of hydrogen-bond donors (Lipinski definition) is 1. The summed E-state index contributed by atoms with van der Waals surface area (Å²) in [5.41, 5.74) is 0. The first-order valence-corrected chi connectivity index (χ1v) is 6.90. The van der Waals surface area contributed by atoms with Crippen molar-refractivity contribution < 1.29 is 14.3 Å². The molecule has 0 saturated carbocycles. The number of carbonyl (C=O) groups excluding carboxylic acids is 2. The molecule has 0 spiro atoms. The fourth-order valence-corrected chi connectivity index (χ4v) is 2.18. The van der Waals surface area contributed by atoms with Crippen molar-refractivity contribution in [1.29, 1.82) is 0 Å². The SMILES string of the molecule is C[C@@H](Oc1ccc(Cl)c(Cl)c1)C(=O)N1CCNC(=O)C1. The number of hydrogen-bond acceptors (Lipinski definition) is 3. The molecule has 0 aromatic heterocycles. The average molecular weight is 317 g/mol. The van der Waals surface area contributed by atoms with Crippen LogP contribution in [0.3, 0.4) is 0 Å². The minimum atomic E-state index is -0.696. The summed E-state index contributed by atoms with van der Waals surface area (Å²) in [4.78, 5) is 24.9. The quantitative estimate of drug-likeness (QED) is 0.923. The highest BCUT2D eigenvalue weighted by molar-refractivity contribution is 6.42. The summed E-state index contributed by atoms with van der Waals surface area (Å²) < 4.78 is 5.53. The molecule has 0 radical (unpaired) electrons. The molecule has 1 heterocycles. The van der Waals surface area contributed by atoms with Crippen molar-refractivity contribution in [2.24, 2.45) is 0 Å². The van der Waals surface area contributed by atoms with Gasteiger partial charge in [-0.15, -0.1) is 0 Å². The van der Waals surface area contributed by atoms with Gasteiger partial charge in [0, 0.05) is 19.2 Å². The van der Waals surface area contributed by atoms with Crippen molar-refractivity contribution in [3.8, 4) is 5.75 Å². The molecule has 1 aromatic rings. The number of amides is 2. The largest absolute Gasteiger partial charge is 0.481 e. The van der Waals surface area contributed by atoms with Crippen LogP contribution in [0.25, 0.3) is 0 Å². The maximum absolute atomic E-state index is 12.2. The summed E-state index contributed by atoms with van der Waals surface area (Å²) in [6, 6.07) is 4.79. The van der Waals surface area contributed by atoms with Crippen molar-refractivity contribution in [3.05, 3.63) is 28.2 Å². The lowest BCUT2D eigenvalue weighted by molar-refractivity contribution is -0.143. The van der Waals surface area contributed by atoms with E-state index in [1.54, 1.807) is 25.1 Å². The van der Waals surface area contributed by atoms with E-state index in [1.807, 2.05) is 0 Å². The Morgan fingerprint density at radius 1 is 1.40 bits per heavy atom. The molecule has 2 rings (SSSR count). The van der Waals surface area contributed by atoms with E-state index >= 15 is 0 Å². The van der Waals surface area contributed by atoms with Crippen LogP contribution < -0.4 is 10.1 Å². The maximum Gasteiger partial charge on any atom is 0.263 e. The Morgan fingerprint density at radius 3 is 2.80 bits per heavy atom. The van der Waals surface area contributed by atoms with E-state index in [0.29, 0.717) is 28.9 Å². The van der Waals surface area contributed by atoms with Gasteiger partial charge in [-0.25, -0.2) is 0 Å². The summed E-state index contributed by atoms with van der Waals surface area (Å²) in [5, 5.41) is 3.45. The van der Waals surface area contributed by atoms with Crippen molar-refractivity contribution in [2.45, 2.75) is 13.0 Å². The van der Waals surface area contributed by atoms with E-state index in [1.165, 1.54) is 4.90 Å². The van der Waals surface area contributed by atoms with Crippen LogP contribution in [-0.2, 0) is 9.59 Å². The van der Waals surface area contributed by atoms with Gasteiger partial charge in [-0.1, -0.05) is 23.2 Å². The zero-order valence-corrected chi connectivity index (χ0v) is 12.4. The van der Waals surface area contributed by atoms with Gasteiger partial charge < -0.3 is 15.0 Å². The highest BCUT2D eigenvalue weighted by atomic mass is 35.5. The van der Waals surface area contributed by atoms with Gasteiger partial charge in [0.2, 0.25) is 5.91 Å². The molecule has 1 fully saturated rings. The van der Waals surface area contributed by atoms with Gasteiger partial charge in [0.15, 0.2) is 6.10 Å². The third-order valence-corrected chi connectivity index (χ3v) is 3.64. The molecule has 0 unspecified atom stereocenters. The van der Waals surface area contributed by atoms with Crippen molar-refractivity contribution in [3.63, 3.8) is 0 Å². The second kappa shape index (κ2) is 6.33. The Labute approximate surface area is 126 Å². The Bertz CT molecular complexity index is 536. The summed E-state index contributed by atoms with van der Waals surface area (Å²) in [5.74, 6) is 0.0685. The monoisotopic (exact) mass is 316 g/mol. The normalized spacial score (nSPS) is 16.6. The molecule has 1 aromatic carbocycles. The van der Waals surface area contributed by atoms with Crippen molar-refractivity contribution in [1.82, 2.24) is 10.2 Å². The summed E-state index contributed by atoms with van der Waals surface area (Å²) >= 11 is 11.7. The summed E-state index contributed by atoms with van der Waals surface area (Å²) in [6.45, 7) is 2.65. The molecule has 1 saturated heterocycles. The van der Waals surface area contributed by atoms with Crippen LogP contribution in [0.15, 0.2) is 18.2 Å². The highest BCUT2D eigenvalue weighted by Gasteiger charge is 2.26. The van der Waals surface area contributed by atoms with Crippen LogP contribution in [-0.4, -0.2) is 42.5 Å². The van der Waals surface area contributed by atoms with E-state index in [9.17, 15) is 9.59 Å². The number of rotatable bonds is 3. The molecule has 1 atom stereocenters. The maximum atomic E-state index is 12.2. The lowest BCUT2D eigenvalue weighted by Crippen LogP contribution is -2.53. The minimum absolute atomic E-state index is 0.0634. The molecule has 108 valence electrons. The van der Waals surface area contributed by atoms with Crippen LogP contribution in [0, 0.1) is 0 Å². The van der Waals surface area contributed by atoms with Gasteiger partial charge in [0.25, 0.3) is 5.91 Å². The Morgan fingerprint density at radius 2 is 2.15 bits per heavy atom. The lowest BCUT2D eigenvalue weighted by Gasteiger charge is -2.29. The zero-order valence-electron chi connectivity index (χ0n) is 10.9. The second-order valence-electron chi connectivity index (χ2n) is 4.45. The smallest absolute Gasteiger partial charge is 0.263 e. The fraction of sp³-hybridized carbons (Fsp3) is 0.385. The molecule has 2 amide bonds. The van der Waals surface area contributed by atoms with Gasteiger partial charge in [-0.3, -0.25) is 9.59 Å². The van der Waals surface area contributed by atoms with Crippen LogP contribution in [0.2, 0.25) is 10.0 Å². The molecule has 1 aliphatic rings. The number of nitrogens with zero attached hydrogens (tertiary/aromatic N) is 1. The van der Waals surface area contributed by atoms with Crippen LogP contribution in [0.1, 0.15) is 6.92 Å². The average Bonchev–Trinajstić information content (AvgIpc) is 2.42. The first kappa shape index (κ1) is 14.9. The topological polar surface area (TPSA) is 58.6 Å². The Hall–Kier alpha value is -1.46. The number of benzene rings is 1. The molecule has 0 aliphatic carbocycles. The van der Waals surface area contributed by atoms with Gasteiger partial charge in [-0.2, -0.15) is 0 Å². The lowest BCUT2D eigenvalue weighted by atomic mass is 10.2. The molecule has 20 heavy (non-hydrogen) atoms. The third-order valence-electron chi connectivity index (χ3n) is 2.90. The second-order valence-corrected chi connectivity index (χ2v) is 5.26. The number of ether oxygens (including phenoxy) is 1. The standard InChI is InChI=1S/C13H14Cl2N2O3/c1-8(13(19)17-5-4-16-12(18)7-17)20-9-2-3-10(14)11(15)6-9/h2-3,6,8H,4-5,7H2,1H3,(H,16,18)/t8-/m1/s1. The highest BCUT2D eigenvalue weighted by Crippen LogP contribution is 2.27. The third kappa shape index (κ3) is 3.55. The molecule has 1 N–H and O–H groups in total. The molecular weight excluding hydrogens is 303 g/mol. The van der Waals surface area contributed by atoms with E-state index in [0.717, 1.165) is 0 Å². The molecule has 0 bridgehead atoms. The van der Waals surface area contributed by atoms with E-state index in [4.69, 9.17) is 27.9 Å². The van der Waals surface area contributed by atoms with Crippen molar-refractivity contribution >= 4 is 35.0 Å². The first-order valence-electron chi connectivity index (χ1n) is 6.14. The van der Waals surface area contributed by atoms with Gasteiger partial charge in [0.1, 0.15) is 5.75 Å². The van der Waals surface area contributed by atoms with Gasteiger partial charge in [-0.05, 0) is 19.1 Å². The summed E-state index contributed by atoms with van der Waals surface area (Å²) in [7, 11) is 0. The zero-order chi connectivity index (χ0) is 14.7. The number of carbonyl (C=O) groups is 2. The number of nitrogens with one attached hydrogen (secondary N) is 1. The van der Waals surface area contributed by atoms with E-state index in [-0.39, 0.29) is 18.4 Å². The Balaban J connectivity index is 1.99. The van der Waals surface area contributed by atoms with E-state index < -0.39 is 6.10 Å². The molecule has 1 aliphatic heterocycles. The van der Waals surface area contributed by atoms with Crippen LogP contribution in [0.5, 0.6) is 5.75 Å². The van der Waals surface area contributed by atoms with Crippen LogP contribution >= 0.6 is 23.2 Å². The van der Waals surface area contributed by atoms with Crippen LogP contribution in [0.4, 0.5) is 0 Å². The summed E-state index contributed by atoms with van der Waals surface area (Å²) in [6.07, 6.45) is -0.696. The number of piperazine rings is 1. The molecule has 7 heteroatoms. The molecule has 5 nitrogen and oxygen atoms in total. The predicted molar refractivity (Wildman–Crippen MR) is 76.1 cm³/mol. The fourth-order valence-electron chi connectivity index (χ4n) is 1.89. The van der Waals surface area contributed by atoms with Gasteiger partial charge in [0.05, 0.1) is 16.6 Å². The van der Waals surface area contributed by atoms with Gasteiger partial charge >= 0.3 is 0 Å². The molecular formula is C13H14Cl2N2O3. The Kier molecular flexibility index (Phi) is 4.73. The van der Waals surface area contributed by atoms with E-state index in [2.05, 4.69) is 5.32 Å². The van der Waals surface area contributed by atoms with Crippen molar-refractivity contribution in [2.75, 3.05) is 19.6 Å². The first-order chi connectivity index (χ1) is 9.47. The minimum Gasteiger partial charge on any atom is -0.481 e.